The molecular weight excluding hydrogens is 238 g/mol. The average Bonchev–Trinajstić information content (AvgIpc) is 2.27. The number of thioether (sulfide) groups is 1. The third-order valence-electron chi connectivity index (χ3n) is 1.76. The van der Waals surface area contributed by atoms with Crippen molar-refractivity contribution in [3.63, 3.8) is 0 Å². The summed E-state index contributed by atoms with van der Waals surface area (Å²) >= 11 is 6.48. The molecular formula is C11H15N3S2. The average molecular weight is 253 g/mol. The molecule has 0 aromatic heterocycles. The Bertz CT molecular complexity index is 377. The van der Waals surface area contributed by atoms with E-state index in [2.05, 4.69) is 35.7 Å². The molecule has 0 radical (unpaired) electrons. The summed E-state index contributed by atoms with van der Waals surface area (Å²) in [7, 11) is 0. The molecule has 1 aromatic rings. The van der Waals surface area contributed by atoms with Crippen LogP contribution in [0.4, 0.5) is 0 Å². The predicted molar refractivity (Wildman–Crippen MR) is 75.0 cm³/mol. The topological polar surface area (TPSA) is 50.4 Å². The number of hydrazone groups is 1. The van der Waals surface area contributed by atoms with Crippen molar-refractivity contribution in [2.75, 3.05) is 5.75 Å². The Morgan fingerprint density at radius 3 is 3.00 bits per heavy atom. The molecule has 0 spiro atoms. The van der Waals surface area contributed by atoms with E-state index in [4.69, 9.17) is 5.73 Å². The molecule has 3 nitrogen and oxygen atoms in total. The van der Waals surface area contributed by atoms with E-state index in [0.717, 1.165) is 17.7 Å². The fourth-order valence-electron chi connectivity index (χ4n) is 1.10. The van der Waals surface area contributed by atoms with Crippen LogP contribution >= 0.6 is 24.0 Å². The summed E-state index contributed by atoms with van der Waals surface area (Å²) in [6.07, 6.45) is 2.89. The minimum atomic E-state index is 0.176. The maximum absolute atomic E-state index is 5.28. The second kappa shape index (κ2) is 7.24. The van der Waals surface area contributed by atoms with E-state index in [1.165, 1.54) is 4.90 Å². The van der Waals surface area contributed by atoms with Gasteiger partial charge in [-0.25, -0.2) is 0 Å². The Kier molecular flexibility index (Phi) is 5.88. The van der Waals surface area contributed by atoms with Gasteiger partial charge in [0, 0.05) is 10.5 Å². The van der Waals surface area contributed by atoms with Crippen molar-refractivity contribution in [2.45, 2.75) is 18.2 Å². The quantitative estimate of drug-likeness (QED) is 0.366. The molecule has 0 heterocycles. The molecule has 0 saturated carbocycles. The van der Waals surface area contributed by atoms with Crippen molar-refractivity contribution >= 4 is 35.3 Å². The molecule has 1 rings (SSSR count). The van der Waals surface area contributed by atoms with E-state index in [1.807, 2.05) is 30.0 Å². The van der Waals surface area contributed by atoms with Gasteiger partial charge in [-0.2, -0.15) is 5.10 Å². The lowest BCUT2D eigenvalue weighted by molar-refractivity contribution is 1.04. The van der Waals surface area contributed by atoms with E-state index in [-0.39, 0.29) is 5.11 Å². The monoisotopic (exact) mass is 253 g/mol. The maximum atomic E-state index is 5.28. The highest BCUT2D eigenvalue weighted by Crippen LogP contribution is 2.21. The first-order valence-corrected chi connectivity index (χ1v) is 6.43. The number of nitrogens with two attached hydrogens (primary N) is 1. The second-order valence-electron chi connectivity index (χ2n) is 3.12. The van der Waals surface area contributed by atoms with Crippen molar-refractivity contribution in [3.8, 4) is 0 Å². The number of nitrogens with one attached hydrogen (secondary N) is 1. The Morgan fingerprint density at radius 1 is 1.56 bits per heavy atom. The maximum Gasteiger partial charge on any atom is 0.184 e. The van der Waals surface area contributed by atoms with Crippen LogP contribution in [-0.2, 0) is 0 Å². The van der Waals surface area contributed by atoms with Crippen molar-refractivity contribution in [2.24, 2.45) is 10.8 Å². The first-order chi connectivity index (χ1) is 7.74. The molecule has 0 atom stereocenters. The highest BCUT2D eigenvalue weighted by molar-refractivity contribution is 7.99. The molecule has 3 N–H and O–H groups in total. The van der Waals surface area contributed by atoms with Gasteiger partial charge in [0.2, 0.25) is 0 Å². The Balaban J connectivity index is 2.70. The van der Waals surface area contributed by atoms with Crippen LogP contribution in [0.3, 0.4) is 0 Å². The van der Waals surface area contributed by atoms with Gasteiger partial charge in [0.1, 0.15) is 0 Å². The number of thiocarbonyl (C=S) groups is 1. The molecule has 0 fully saturated rings. The molecule has 0 aliphatic rings. The number of nitrogens with zero attached hydrogens (tertiary/aromatic N) is 1. The SMILES string of the molecule is CCCSc1ccccc1/C=N/NC(N)=S. The molecule has 16 heavy (non-hydrogen) atoms. The predicted octanol–water partition coefficient (Wildman–Crippen LogP) is 2.36. The standard InChI is InChI=1S/C11H15N3S2/c1-2-7-16-10-6-4-3-5-9(10)8-13-14-11(12)15/h3-6,8H,2,7H2,1H3,(H3,12,14,15)/b13-8+. The fraction of sp³-hybridized carbons (Fsp3) is 0.273. The van der Waals surface area contributed by atoms with Crippen LogP contribution in [0.1, 0.15) is 18.9 Å². The zero-order chi connectivity index (χ0) is 11.8. The van der Waals surface area contributed by atoms with Gasteiger partial charge >= 0.3 is 0 Å². The first-order valence-electron chi connectivity index (χ1n) is 5.04. The number of hydrogen-bond acceptors (Lipinski definition) is 3. The zero-order valence-corrected chi connectivity index (χ0v) is 10.8. The van der Waals surface area contributed by atoms with Crippen LogP contribution in [0.5, 0.6) is 0 Å². The van der Waals surface area contributed by atoms with E-state index in [1.54, 1.807) is 6.21 Å². The summed E-state index contributed by atoms with van der Waals surface area (Å²) in [6.45, 7) is 2.16. The van der Waals surface area contributed by atoms with Crippen LogP contribution in [0.2, 0.25) is 0 Å². The minimum absolute atomic E-state index is 0.176. The summed E-state index contributed by atoms with van der Waals surface area (Å²) < 4.78 is 0. The van der Waals surface area contributed by atoms with Crippen molar-refractivity contribution < 1.29 is 0 Å². The number of benzene rings is 1. The van der Waals surface area contributed by atoms with E-state index in [0.29, 0.717) is 0 Å². The van der Waals surface area contributed by atoms with Gasteiger partial charge in [0.25, 0.3) is 0 Å². The van der Waals surface area contributed by atoms with Gasteiger partial charge in [-0.15, -0.1) is 11.8 Å². The Morgan fingerprint density at radius 2 is 2.31 bits per heavy atom. The molecule has 86 valence electrons. The summed E-state index contributed by atoms with van der Waals surface area (Å²) in [5, 5.41) is 4.13. The number of hydrogen-bond donors (Lipinski definition) is 2. The Labute approximate surface area is 105 Å². The molecule has 0 aliphatic carbocycles. The highest BCUT2D eigenvalue weighted by Gasteiger charge is 1.98. The van der Waals surface area contributed by atoms with Crippen molar-refractivity contribution in [3.05, 3.63) is 29.8 Å². The Hall–Kier alpha value is -1.07. The lowest BCUT2D eigenvalue weighted by Crippen LogP contribution is -2.24. The molecule has 0 saturated heterocycles. The van der Waals surface area contributed by atoms with E-state index >= 15 is 0 Å². The van der Waals surface area contributed by atoms with Crippen LogP contribution in [0.25, 0.3) is 0 Å². The molecule has 0 unspecified atom stereocenters. The van der Waals surface area contributed by atoms with Gasteiger partial charge in [0.15, 0.2) is 5.11 Å². The third-order valence-corrected chi connectivity index (χ3v) is 3.15. The summed E-state index contributed by atoms with van der Waals surface area (Å²) in [6, 6.07) is 8.11. The van der Waals surface area contributed by atoms with Gasteiger partial charge < -0.3 is 5.73 Å². The van der Waals surface area contributed by atoms with E-state index < -0.39 is 0 Å². The van der Waals surface area contributed by atoms with Gasteiger partial charge in [-0.05, 0) is 30.5 Å². The third kappa shape index (κ3) is 4.63. The molecule has 5 heteroatoms. The van der Waals surface area contributed by atoms with Crippen LogP contribution in [0.15, 0.2) is 34.3 Å². The van der Waals surface area contributed by atoms with Gasteiger partial charge in [-0.3, -0.25) is 5.43 Å². The first kappa shape index (κ1) is 13.0. The lowest BCUT2D eigenvalue weighted by atomic mass is 10.2. The lowest BCUT2D eigenvalue weighted by Gasteiger charge is -2.03. The molecule has 0 amide bonds. The van der Waals surface area contributed by atoms with Gasteiger partial charge in [0.05, 0.1) is 6.21 Å². The summed E-state index contributed by atoms with van der Waals surface area (Å²) in [4.78, 5) is 1.22. The molecule has 0 bridgehead atoms. The summed E-state index contributed by atoms with van der Waals surface area (Å²) in [5.74, 6) is 1.10. The smallest absolute Gasteiger partial charge is 0.184 e. The largest absolute Gasteiger partial charge is 0.375 e. The van der Waals surface area contributed by atoms with Crippen LogP contribution in [0, 0.1) is 0 Å². The van der Waals surface area contributed by atoms with Crippen LogP contribution in [-0.4, -0.2) is 17.1 Å². The zero-order valence-electron chi connectivity index (χ0n) is 9.14. The summed E-state index contributed by atoms with van der Waals surface area (Å²) in [5.41, 5.74) is 8.90. The van der Waals surface area contributed by atoms with Crippen LogP contribution < -0.4 is 11.2 Å². The molecule has 0 aliphatic heterocycles. The van der Waals surface area contributed by atoms with Crippen molar-refractivity contribution in [1.29, 1.82) is 0 Å². The highest BCUT2D eigenvalue weighted by atomic mass is 32.2. The second-order valence-corrected chi connectivity index (χ2v) is 4.70. The van der Waals surface area contributed by atoms with Gasteiger partial charge in [-0.1, -0.05) is 25.1 Å². The van der Waals surface area contributed by atoms with E-state index in [9.17, 15) is 0 Å². The molecule has 1 aromatic carbocycles. The minimum Gasteiger partial charge on any atom is -0.375 e. The van der Waals surface area contributed by atoms with Crippen molar-refractivity contribution in [1.82, 2.24) is 5.43 Å². The number of rotatable bonds is 5. The fourth-order valence-corrected chi connectivity index (χ4v) is 2.04. The normalized spacial score (nSPS) is 10.6.